The maximum Gasteiger partial charge on any atom is 0.253 e. The second-order valence-electron chi connectivity index (χ2n) is 5.52. The van der Waals surface area contributed by atoms with Crippen LogP contribution in [0.1, 0.15) is 17.3 Å². The lowest BCUT2D eigenvalue weighted by molar-refractivity contribution is -0.115. The summed E-state index contributed by atoms with van der Waals surface area (Å²) < 4.78 is 26.4. The number of anilines is 1. The van der Waals surface area contributed by atoms with Gasteiger partial charge in [0.15, 0.2) is 0 Å². The molecule has 8 heteroatoms. The van der Waals surface area contributed by atoms with Crippen LogP contribution in [0, 0.1) is 0 Å². The van der Waals surface area contributed by atoms with Crippen molar-refractivity contribution in [2.24, 2.45) is 0 Å². The zero-order valence-corrected chi connectivity index (χ0v) is 14.3. The van der Waals surface area contributed by atoms with E-state index in [0.29, 0.717) is 17.8 Å². The molecule has 0 saturated carbocycles. The topological polar surface area (TPSA) is 104 Å². The predicted molar refractivity (Wildman–Crippen MR) is 93.7 cm³/mol. The highest BCUT2D eigenvalue weighted by Gasteiger charge is 2.19. The lowest BCUT2D eigenvalue weighted by Crippen LogP contribution is -2.28. The van der Waals surface area contributed by atoms with Crippen molar-refractivity contribution in [2.75, 3.05) is 18.4 Å². The van der Waals surface area contributed by atoms with Gasteiger partial charge in [0.25, 0.3) is 5.91 Å². The third-order valence-corrected chi connectivity index (χ3v) is 5.34. The van der Waals surface area contributed by atoms with Gasteiger partial charge in [0.05, 0.1) is 22.7 Å². The monoisotopic (exact) mass is 359 g/mol. The number of sulfonamides is 1. The Bertz CT molecular complexity index is 937. The summed E-state index contributed by atoms with van der Waals surface area (Å²) in [5.41, 5.74) is 2.36. The maximum absolute atomic E-state index is 12.0. The average Bonchev–Trinajstić information content (AvgIpc) is 2.73. The van der Waals surface area contributed by atoms with Gasteiger partial charge in [0, 0.05) is 6.54 Å². The molecule has 3 N–H and O–H groups in total. The van der Waals surface area contributed by atoms with Gasteiger partial charge in [-0.1, -0.05) is 25.1 Å². The van der Waals surface area contributed by atoms with Gasteiger partial charge in [-0.05, 0) is 35.4 Å². The Kier molecular flexibility index (Phi) is 4.56. The van der Waals surface area contributed by atoms with Crippen LogP contribution in [-0.2, 0) is 14.8 Å². The van der Waals surface area contributed by atoms with Crippen molar-refractivity contribution in [3.8, 4) is 11.1 Å². The number of rotatable bonds is 4. The zero-order valence-electron chi connectivity index (χ0n) is 13.5. The molecule has 0 atom stereocenters. The third kappa shape index (κ3) is 3.54. The Labute approximate surface area is 145 Å². The first kappa shape index (κ1) is 17.1. The van der Waals surface area contributed by atoms with Crippen LogP contribution in [0.25, 0.3) is 11.1 Å². The van der Waals surface area contributed by atoms with E-state index in [1.165, 1.54) is 12.1 Å². The van der Waals surface area contributed by atoms with E-state index in [2.05, 4.69) is 15.4 Å². The summed E-state index contributed by atoms with van der Waals surface area (Å²) in [6, 6.07) is 11.5. The van der Waals surface area contributed by atoms with Crippen molar-refractivity contribution >= 4 is 27.5 Å². The zero-order chi connectivity index (χ0) is 18.0. The Balaban J connectivity index is 1.95. The van der Waals surface area contributed by atoms with Gasteiger partial charge < -0.3 is 10.6 Å². The van der Waals surface area contributed by atoms with Crippen LogP contribution in [0.5, 0.6) is 0 Å². The highest BCUT2D eigenvalue weighted by molar-refractivity contribution is 7.89. The minimum atomic E-state index is -3.50. The van der Waals surface area contributed by atoms with Gasteiger partial charge in [0.1, 0.15) is 0 Å². The first-order valence-corrected chi connectivity index (χ1v) is 9.21. The number of carbonyl (C=O) groups excluding carboxylic acids is 2. The molecule has 1 aliphatic heterocycles. The Morgan fingerprint density at radius 3 is 2.40 bits per heavy atom. The van der Waals surface area contributed by atoms with E-state index in [0.717, 1.165) is 11.1 Å². The molecule has 0 fully saturated rings. The fourth-order valence-corrected chi connectivity index (χ4v) is 3.62. The molecular weight excluding hydrogens is 342 g/mol. The van der Waals surface area contributed by atoms with E-state index in [-0.39, 0.29) is 23.3 Å². The molecule has 0 unspecified atom stereocenters. The fourth-order valence-electron chi connectivity index (χ4n) is 2.58. The summed E-state index contributed by atoms with van der Waals surface area (Å²) in [7, 11) is -3.50. The molecule has 7 nitrogen and oxygen atoms in total. The third-order valence-electron chi connectivity index (χ3n) is 3.78. The van der Waals surface area contributed by atoms with Crippen LogP contribution in [-0.4, -0.2) is 33.3 Å². The molecule has 0 bridgehead atoms. The minimum Gasteiger partial charge on any atom is -0.343 e. The number of hydrogen-bond acceptors (Lipinski definition) is 4. The van der Waals surface area contributed by atoms with Gasteiger partial charge in [0.2, 0.25) is 15.9 Å². The number of benzene rings is 2. The highest BCUT2D eigenvalue weighted by Crippen LogP contribution is 2.27. The molecule has 0 spiro atoms. The lowest BCUT2D eigenvalue weighted by atomic mass is 10.0. The van der Waals surface area contributed by atoms with Crippen molar-refractivity contribution in [2.45, 2.75) is 11.8 Å². The number of hydrogen-bond donors (Lipinski definition) is 3. The normalized spacial score (nSPS) is 14.3. The van der Waals surface area contributed by atoms with Crippen LogP contribution in [0.3, 0.4) is 0 Å². The van der Waals surface area contributed by atoms with Gasteiger partial charge in [-0.15, -0.1) is 0 Å². The fraction of sp³-hybridized carbons (Fsp3) is 0.176. The average molecular weight is 359 g/mol. The molecule has 3 rings (SSSR count). The molecule has 1 aliphatic rings. The largest absolute Gasteiger partial charge is 0.343 e. The first-order chi connectivity index (χ1) is 11.9. The lowest BCUT2D eigenvalue weighted by Gasteiger charge is -2.10. The van der Waals surface area contributed by atoms with E-state index in [1.807, 2.05) is 0 Å². The van der Waals surface area contributed by atoms with E-state index in [4.69, 9.17) is 0 Å². The van der Waals surface area contributed by atoms with Crippen molar-refractivity contribution in [1.82, 2.24) is 10.0 Å². The van der Waals surface area contributed by atoms with Crippen LogP contribution in [0.15, 0.2) is 47.4 Å². The number of carbonyl (C=O) groups is 2. The summed E-state index contributed by atoms with van der Waals surface area (Å²) in [6.07, 6.45) is 0. The molecule has 2 aromatic carbocycles. The SMILES string of the molecule is CCNS(=O)(=O)c1ccc(-c2ccc3c(c2)NC(=O)CNC3=O)cc1. The first-order valence-electron chi connectivity index (χ1n) is 7.73. The summed E-state index contributed by atoms with van der Waals surface area (Å²) in [5, 5.41) is 5.21. The van der Waals surface area contributed by atoms with Crippen molar-refractivity contribution in [1.29, 1.82) is 0 Å². The Hall–Kier alpha value is -2.71. The molecule has 130 valence electrons. The van der Waals surface area contributed by atoms with Crippen molar-refractivity contribution in [3.63, 3.8) is 0 Å². The molecule has 0 radical (unpaired) electrons. The predicted octanol–water partition coefficient (Wildman–Crippen LogP) is 1.33. The van der Waals surface area contributed by atoms with Crippen LogP contribution in [0.4, 0.5) is 5.69 Å². The van der Waals surface area contributed by atoms with E-state index in [9.17, 15) is 18.0 Å². The van der Waals surface area contributed by atoms with Crippen LogP contribution >= 0.6 is 0 Å². The van der Waals surface area contributed by atoms with Gasteiger partial charge >= 0.3 is 0 Å². The second kappa shape index (κ2) is 6.66. The quantitative estimate of drug-likeness (QED) is 0.766. The summed E-state index contributed by atoms with van der Waals surface area (Å²) in [5.74, 6) is -0.608. The Morgan fingerprint density at radius 2 is 1.72 bits per heavy atom. The number of nitrogens with one attached hydrogen (secondary N) is 3. The molecule has 1 heterocycles. The second-order valence-corrected chi connectivity index (χ2v) is 7.28. The summed E-state index contributed by atoms with van der Waals surface area (Å²) >= 11 is 0. The molecular formula is C17H17N3O4S. The van der Waals surface area contributed by atoms with Gasteiger partial charge in [-0.2, -0.15) is 0 Å². The number of fused-ring (bicyclic) bond motifs is 1. The van der Waals surface area contributed by atoms with Gasteiger partial charge in [-0.3, -0.25) is 9.59 Å². The summed E-state index contributed by atoms with van der Waals surface area (Å²) in [4.78, 5) is 23.8. The Morgan fingerprint density at radius 1 is 1.04 bits per heavy atom. The molecule has 2 aromatic rings. The van der Waals surface area contributed by atoms with Crippen LogP contribution < -0.4 is 15.4 Å². The number of amides is 2. The minimum absolute atomic E-state index is 0.0696. The smallest absolute Gasteiger partial charge is 0.253 e. The maximum atomic E-state index is 12.0. The summed E-state index contributed by atoms with van der Waals surface area (Å²) in [6.45, 7) is 1.96. The molecule has 0 aliphatic carbocycles. The molecule has 2 amide bonds. The van der Waals surface area contributed by atoms with Crippen molar-refractivity contribution in [3.05, 3.63) is 48.0 Å². The molecule has 0 saturated heterocycles. The van der Waals surface area contributed by atoms with Gasteiger partial charge in [-0.25, -0.2) is 13.1 Å². The van der Waals surface area contributed by atoms with E-state index >= 15 is 0 Å². The molecule has 0 aromatic heterocycles. The van der Waals surface area contributed by atoms with Crippen LogP contribution in [0.2, 0.25) is 0 Å². The van der Waals surface area contributed by atoms with E-state index < -0.39 is 10.0 Å². The standard InChI is InChI=1S/C17H17N3O4S/c1-2-19-25(23,24)13-6-3-11(4-7-13)12-5-8-14-15(9-12)20-16(21)10-18-17(14)22/h3-9,19H,2,10H2,1H3,(H,18,22)(H,20,21). The molecule has 25 heavy (non-hydrogen) atoms. The highest BCUT2D eigenvalue weighted by atomic mass is 32.2. The van der Waals surface area contributed by atoms with Crippen molar-refractivity contribution < 1.29 is 18.0 Å². The van der Waals surface area contributed by atoms with E-state index in [1.54, 1.807) is 37.3 Å².